The summed E-state index contributed by atoms with van der Waals surface area (Å²) in [5, 5.41) is 2.97. The lowest BCUT2D eigenvalue weighted by molar-refractivity contribution is -0.120. The van der Waals surface area contributed by atoms with Gasteiger partial charge in [-0.3, -0.25) is 4.79 Å². The van der Waals surface area contributed by atoms with E-state index in [0.29, 0.717) is 18.9 Å². The summed E-state index contributed by atoms with van der Waals surface area (Å²) < 4.78 is 7.31. The van der Waals surface area contributed by atoms with Gasteiger partial charge >= 0.3 is 0 Å². The first kappa shape index (κ1) is 14.6. The zero-order valence-electron chi connectivity index (χ0n) is 12.8. The average molecular weight is 299 g/mol. The van der Waals surface area contributed by atoms with Crippen LogP contribution in [0.1, 0.15) is 30.1 Å². The summed E-state index contributed by atoms with van der Waals surface area (Å²) in [6.07, 6.45) is 6.67. The van der Waals surface area contributed by atoms with Crippen molar-refractivity contribution >= 4 is 5.91 Å². The number of carbonyl (C=O) groups is 1. The molecule has 22 heavy (non-hydrogen) atoms. The van der Waals surface area contributed by atoms with E-state index in [1.807, 2.05) is 36.7 Å². The van der Waals surface area contributed by atoms with Crippen molar-refractivity contribution in [3.63, 3.8) is 0 Å². The molecule has 0 spiro atoms. The van der Waals surface area contributed by atoms with Crippen LogP contribution in [0.5, 0.6) is 5.75 Å². The number of ether oxygens (including phenoxy) is 1. The molecule has 1 N–H and O–H groups in total. The SMILES string of the molecule is COc1cccc(CC(=O)NCCn2ccnc2C2CC2)c1. The van der Waals surface area contributed by atoms with E-state index in [2.05, 4.69) is 14.9 Å². The van der Waals surface area contributed by atoms with Crippen molar-refractivity contribution in [2.45, 2.75) is 31.7 Å². The van der Waals surface area contributed by atoms with Gasteiger partial charge in [-0.1, -0.05) is 12.1 Å². The van der Waals surface area contributed by atoms with E-state index in [4.69, 9.17) is 4.74 Å². The molecule has 1 saturated carbocycles. The molecule has 1 aromatic heterocycles. The molecule has 1 fully saturated rings. The lowest BCUT2D eigenvalue weighted by Crippen LogP contribution is -2.28. The molecule has 1 aliphatic rings. The van der Waals surface area contributed by atoms with Crippen LogP contribution in [0, 0.1) is 0 Å². The van der Waals surface area contributed by atoms with Gasteiger partial charge in [-0.15, -0.1) is 0 Å². The molecule has 1 heterocycles. The first-order chi connectivity index (χ1) is 10.8. The number of methoxy groups -OCH3 is 1. The second-order valence-corrected chi connectivity index (χ2v) is 5.63. The molecular weight excluding hydrogens is 278 g/mol. The maximum absolute atomic E-state index is 12.0. The van der Waals surface area contributed by atoms with Crippen LogP contribution in [0.2, 0.25) is 0 Å². The minimum Gasteiger partial charge on any atom is -0.497 e. The topological polar surface area (TPSA) is 56.1 Å². The normalized spacial score (nSPS) is 13.9. The van der Waals surface area contributed by atoms with Gasteiger partial charge in [0.15, 0.2) is 0 Å². The highest BCUT2D eigenvalue weighted by Crippen LogP contribution is 2.38. The van der Waals surface area contributed by atoms with Crippen molar-refractivity contribution in [3.8, 4) is 5.75 Å². The van der Waals surface area contributed by atoms with E-state index in [-0.39, 0.29) is 5.91 Å². The zero-order valence-corrected chi connectivity index (χ0v) is 12.8. The Bertz CT molecular complexity index is 647. The number of carbonyl (C=O) groups excluding carboxylic acids is 1. The zero-order chi connectivity index (χ0) is 15.4. The number of rotatable bonds is 7. The van der Waals surface area contributed by atoms with E-state index < -0.39 is 0 Å². The molecule has 1 aromatic carbocycles. The fourth-order valence-electron chi connectivity index (χ4n) is 2.56. The summed E-state index contributed by atoms with van der Waals surface area (Å²) in [6, 6.07) is 7.60. The number of imidazole rings is 1. The fourth-order valence-corrected chi connectivity index (χ4v) is 2.56. The third kappa shape index (κ3) is 3.67. The number of hydrogen-bond donors (Lipinski definition) is 1. The van der Waals surface area contributed by atoms with Crippen LogP contribution in [0.25, 0.3) is 0 Å². The van der Waals surface area contributed by atoms with Crippen LogP contribution in [0.4, 0.5) is 0 Å². The minimum atomic E-state index is 0.0290. The molecule has 3 rings (SSSR count). The van der Waals surface area contributed by atoms with Crippen LogP contribution < -0.4 is 10.1 Å². The molecule has 0 unspecified atom stereocenters. The monoisotopic (exact) mass is 299 g/mol. The van der Waals surface area contributed by atoms with Crippen LogP contribution >= 0.6 is 0 Å². The summed E-state index contributed by atoms with van der Waals surface area (Å²) in [4.78, 5) is 16.4. The van der Waals surface area contributed by atoms with E-state index in [1.165, 1.54) is 12.8 Å². The molecule has 0 saturated heterocycles. The Morgan fingerprint density at radius 1 is 1.45 bits per heavy atom. The van der Waals surface area contributed by atoms with E-state index in [9.17, 15) is 4.79 Å². The molecular formula is C17H21N3O2. The van der Waals surface area contributed by atoms with Crippen molar-refractivity contribution in [2.75, 3.05) is 13.7 Å². The highest BCUT2D eigenvalue weighted by atomic mass is 16.5. The highest BCUT2D eigenvalue weighted by molar-refractivity contribution is 5.78. The van der Waals surface area contributed by atoms with E-state index >= 15 is 0 Å². The Kier molecular flexibility index (Phi) is 4.42. The van der Waals surface area contributed by atoms with E-state index in [0.717, 1.165) is 23.7 Å². The Balaban J connectivity index is 1.46. The average Bonchev–Trinajstić information content (AvgIpc) is 3.27. The molecule has 5 heteroatoms. The summed E-state index contributed by atoms with van der Waals surface area (Å²) in [5.41, 5.74) is 0.957. The molecule has 1 aliphatic carbocycles. The number of amides is 1. The quantitative estimate of drug-likeness (QED) is 0.852. The largest absolute Gasteiger partial charge is 0.497 e. The molecule has 0 aliphatic heterocycles. The lowest BCUT2D eigenvalue weighted by atomic mass is 10.1. The van der Waals surface area contributed by atoms with Crippen LogP contribution in [-0.2, 0) is 17.8 Å². The predicted molar refractivity (Wildman–Crippen MR) is 83.9 cm³/mol. The van der Waals surface area contributed by atoms with Gasteiger partial charge in [0.1, 0.15) is 11.6 Å². The van der Waals surface area contributed by atoms with Crippen LogP contribution in [0.3, 0.4) is 0 Å². The van der Waals surface area contributed by atoms with E-state index in [1.54, 1.807) is 7.11 Å². The number of aromatic nitrogens is 2. The molecule has 116 valence electrons. The lowest BCUT2D eigenvalue weighted by Gasteiger charge is -2.09. The molecule has 0 radical (unpaired) electrons. The van der Waals surface area contributed by atoms with Gasteiger partial charge in [0.25, 0.3) is 0 Å². The summed E-state index contributed by atoms with van der Waals surface area (Å²) in [6.45, 7) is 1.40. The standard InChI is InChI=1S/C17H21N3O2/c1-22-15-4-2-3-13(11-15)12-16(21)18-7-9-20-10-8-19-17(20)14-5-6-14/h2-4,8,10-11,14H,5-7,9,12H2,1H3,(H,18,21). The predicted octanol–water partition coefficient (Wildman–Crippen LogP) is 2.13. The van der Waals surface area contributed by atoms with Gasteiger partial charge in [0.2, 0.25) is 5.91 Å². The maximum Gasteiger partial charge on any atom is 0.224 e. The van der Waals surface area contributed by atoms with Gasteiger partial charge in [-0.25, -0.2) is 4.98 Å². The number of nitrogens with one attached hydrogen (secondary N) is 1. The first-order valence-electron chi connectivity index (χ1n) is 7.67. The number of nitrogens with zero attached hydrogens (tertiary/aromatic N) is 2. The van der Waals surface area contributed by atoms with Crippen LogP contribution in [0.15, 0.2) is 36.7 Å². The summed E-state index contributed by atoms with van der Waals surface area (Å²) in [7, 11) is 1.63. The van der Waals surface area contributed by atoms with Crippen molar-refractivity contribution in [1.29, 1.82) is 0 Å². The second kappa shape index (κ2) is 6.64. The van der Waals surface area contributed by atoms with Gasteiger partial charge in [0.05, 0.1) is 13.5 Å². The Morgan fingerprint density at radius 2 is 2.32 bits per heavy atom. The van der Waals surface area contributed by atoms with Crippen LogP contribution in [-0.4, -0.2) is 29.1 Å². The van der Waals surface area contributed by atoms with Gasteiger partial charge in [-0.05, 0) is 30.5 Å². The van der Waals surface area contributed by atoms with Crippen molar-refractivity contribution in [2.24, 2.45) is 0 Å². The maximum atomic E-state index is 12.0. The van der Waals surface area contributed by atoms with Crippen molar-refractivity contribution in [1.82, 2.24) is 14.9 Å². The Labute approximate surface area is 130 Å². The molecule has 0 atom stereocenters. The smallest absolute Gasteiger partial charge is 0.224 e. The number of hydrogen-bond acceptors (Lipinski definition) is 3. The molecule has 5 nitrogen and oxygen atoms in total. The molecule has 2 aromatic rings. The Hall–Kier alpha value is -2.30. The fraction of sp³-hybridized carbons (Fsp3) is 0.412. The highest BCUT2D eigenvalue weighted by Gasteiger charge is 2.27. The minimum absolute atomic E-state index is 0.0290. The van der Waals surface area contributed by atoms with Crippen molar-refractivity contribution < 1.29 is 9.53 Å². The second-order valence-electron chi connectivity index (χ2n) is 5.63. The van der Waals surface area contributed by atoms with Crippen molar-refractivity contribution in [3.05, 3.63) is 48.0 Å². The first-order valence-corrected chi connectivity index (χ1v) is 7.67. The van der Waals surface area contributed by atoms with Gasteiger partial charge < -0.3 is 14.6 Å². The number of benzene rings is 1. The summed E-state index contributed by atoms with van der Waals surface area (Å²) >= 11 is 0. The van der Waals surface area contributed by atoms with Gasteiger partial charge in [0, 0.05) is 31.4 Å². The Morgan fingerprint density at radius 3 is 3.09 bits per heavy atom. The summed E-state index contributed by atoms with van der Waals surface area (Å²) in [5.74, 6) is 2.59. The molecule has 1 amide bonds. The van der Waals surface area contributed by atoms with Gasteiger partial charge in [-0.2, -0.15) is 0 Å². The third-order valence-corrected chi connectivity index (χ3v) is 3.86. The molecule has 0 bridgehead atoms. The third-order valence-electron chi connectivity index (χ3n) is 3.86.